The number of nitrogens with one attached hydrogen (secondary N) is 2. The molecule has 0 saturated heterocycles. The van der Waals surface area contributed by atoms with Crippen LogP contribution < -0.4 is 10.6 Å². The summed E-state index contributed by atoms with van der Waals surface area (Å²) in [5.41, 5.74) is 2.73. The molecule has 27 heavy (non-hydrogen) atoms. The highest BCUT2D eigenvalue weighted by Crippen LogP contribution is 2.24. The standard InChI is InChI=1S/C22H22N2O3/c1-15-18-10-6-7-11-19(18)27-20(15)14-23-22(26)16(2)24-21(25)13-12-17-8-4-3-5-9-17/h3-13,16H,14H2,1-2H3,(H,23,26)(H,24,25)/b13-12+. The Hall–Kier alpha value is -3.34. The summed E-state index contributed by atoms with van der Waals surface area (Å²) in [5.74, 6) is 0.129. The van der Waals surface area contributed by atoms with Crippen molar-refractivity contribution in [2.45, 2.75) is 26.4 Å². The zero-order valence-corrected chi connectivity index (χ0v) is 15.4. The van der Waals surface area contributed by atoms with Crippen molar-refractivity contribution in [3.05, 3.63) is 77.6 Å². The van der Waals surface area contributed by atoms with E-state index >= 15 is 0 Å². The molecule has 1 atom stereocenters. The third-order valence-corrected chi connectivity index (χ3v) is 4.34. The molecule has 2 amide bonds. The molecule has 138 valence electrons. The number of rotatable bonds is 6. The minimum absolute atomic E-state index is 0.267. The predicted octanol–water partition coefficient (Wildman–Crippen LogP) is 3.58. The SMILES string of the molecule is Cc1c(CNC(=O)C(C)NC(=O)/C=C/c2ccccc2)oc2ccccc12. The molecule has 5 nitrogen and oxygen atoms in total. The molecule has 3 rings (SSSR count). The fraction of sp³-hybridized carbons (Fsp3) is 0.182. The highest BCUT2D eigenvalue weighted by Gasteiger charge is 2.16. The van der Waals surface area contributed by atoms with Crippen LogP contribution in [0.4, 0.5) is 0 Å². The van der Waals surface area contributed by atoms with Gasteiger partial charge in [-0.2, -0.15) is 0 Å². The maximum atomic E-state index is 12.3. The molecule has 1 unspecified atom stereocenters. The number of furan rings is 1. The number of benzene rings is 2. The van der Waals surface area contributed by atoms with E-state index in [-0.39, 0.29) is 18.4 Å². The summed E-state index contributed by atoms with van der Waals surface area (Å²) >= 11 is 0. The van der Waals surface area contributed by atoms with Gasteiger partial charge < -0.3 is 15.1 Å². The van der Waals surface area contributed by atoms with Crippen molar-refractivity contribution in [2.75, 3.05) is 0 Å². The lowest BCUT2D eigenvalue weighted by Gasteiger charge is -2.12. The molecule has 0 bridgehead atoms. The molecular formula is C22H22N2O3. The first-order chi connectivity index (χ1) is 13.0. The van der Waals surface area contributed by atoms with Gasteiger partial charge in [0.15, 0.2) is 0 Å². The van der Waals surface area contributed by atoms with Gasteiger partial charge in [-0.1, -0.05) is 48.5 Å². The third kappa shape index (κ3) is 4.64. The van der Waals surface area contributed by atoms with Crippen LogP contribution in [0, 0.1) is 6.92 Å². The molecule has 0 spiro atoms. The third-order valence-electron chi connectivity index (χ3n) is 4.34. The molecule has 3 aromatic rings. The molecule has 0 aliphatic carbocycles. The Morgan fingerprint density at radius 3 is 2.52 bits per heavy atom. The minimum atomic E-state index is -0.650. The van der Waals surface area contributed by atoms with Gasteiger partial charge in [-0.05, 0) is 31.6 Å². The monoisotopic (exact) mass is 362 g/mol. The lowest BCUT2D eigenvalue weighted by Crippen LogP contribution is -2.44. The van der Waals surface area contributed by atoms with Gasteiger partial charge in [0.25, 0.3) is 0 Å². The van der Waals surface area contributed by atoms with Gasteiger partial charge in [-0.15, -0.1) is 0 Å². The van der Waals surface area contributed by atoms with Crippen molar-refractivity contribution in [2.24, 2.45) is 0 Å². The van der Waals surface area contributed by atoms with E-state index < -0.39 is 6.04 Å². The Balaban J connectivity index is 1.53. The molecule has 2 N–H and O–H groups in total. The van der Waals surface area contributed by atoms with E-state index in [9.17, 15) is 9.59 Å². The quantitative estimate of drug-likeness (QED) is 0.659. The van der Waals surface area contributed by atoms with E-state index in [1.807, 2.05) is 61.5 Å². The number of aryl methyl sites for hydroxylation is 1. The molecule has 0 radical (unpaired) electrons. The van der Waals surface area contributed by atoms with Gasteiger partial charge in [0, 0.05) is 17.0 Å². The van der Waals surface area contributed by atoms with Crippen molar-refractivity contribution in [1.29, 1.82) is 0 Å². The average molecular weight is 362 g/mol. The first-order valence-electron chi connectivity index (χ1n) is 8.83. The van der Waals surface area contributed by atoms with Crippen LogP contribution in [0.2, 0.25) is 0 Å². The summed E-state index contributed by atoms with van der Waals surface area (Å²) in [6.07, 6.45) is 3.13. The maximum absolute atomic E-state index is 12.3. The highest BCUT2D eigenvalue weighted by atomic mass is 16.3. The molecule has 1 aromatic heterocycles. The molecule has 0 aliphatic heterocycles. The lowest BCUT2D eigenvalue weighted by atomic mass is 10.1. The number of carbonyl (C=O) groups is 2. The summed E-state index contributed by atoms with van der Waals surface area (Å²) in [6.45, 7) is 3.89. The molecular weight excluding hydrogens is 340 g/mol. The Morgan fingerprint density at radius 2 is 1.78 bits per heavy atom. The normalized spacial score (nSPS) is 12.2. The number of amides is 2. The molecule has 0 saturated carbocycles. The Kier molecular flexibility index (Phi) is 5.71. The van der Waals surface area contributed by atoms with E-state index in [2.05, 4.69) is 10.6 Å². The van der Waals surface area contributed by atoms with Gasteiger partial charge >= 0.3 is 0 Å². The predicted molar refractivity (Wildman–Crippen MR) is 106 cm³/mol. The largest absolute Gasteiger partial charge is 0.459 e. The molecule has 0 fully saturated rings. The number of hydrogen-bond acceptors (Lipinski definition) is 3. The second-order valence-corrected chi connectivity index (χ2v) is 6.34. The fourth-order valence-electron chi connectivity index (χ4n) is 2.78. The van der Waals surface area contributed by atoms with Crippen LogP contribution in [0.25, 0.3) is 17.0 Å². The summed E-state index contributed by atoms with van der Waals surface area (Å²) in [5, 5.41) is 6.50. The molecule has 5 heteroatoms. The zero-order chi connectivity index (χ0) is 19.2. The van der Waals surface area contributed by atoms with E-state index in [4.69, 9.17) is 4.42 Å². The van der Waals surface area contributed by atoms with Gasteiger partial charge in [-0.25, -0.2) is 0 Å². The van der Waals surface area contributed by atoms with Crippen molar-refractivity contribution >= 4 is 28.9 Å². The molecule has 2 aromatic carbocycles. The van der Waals surface area contributed by atoms with Gasteiger partial charge in [0.2, 0.25) is 11.8 Å². The van der Waals surface area contributed by atoms with Crippen LogP contribution >= 0.6 is 0 Å². The van der Waals surface area contributed by atoms with Crippen molar-refractivity contribution < 1.29 is 14.0 Å². The molecule has 1 heterocycles. The van der Waals surface area contributed by atoms with E-state index in [1.54, 1.807) is 13.0 Å². The maximum Gasteiger partial charge on any atom is 0.244 e. The van der Waals surface area contributed by atoms with Crippen LogP contribution in [0.1, 0.15) is 23.8 Å². The Morgan fingerprint density at radius 1 is 1.07 bits per heavy atom. The number of carbonyl (C=O) groups excluding carboxylic acids is 2. The number of para-hydroxylation sites is 1. The summed E-state index contributed by atoms with van der Waals surface area (Å²) in [7, 11) is 0. The zero-order valence-electron chi connectivity index (χ0n) is 15.4. The van der Waals surface area contributed by atoms with Gasteiger partial charge in [0.1, 0.15) is 17.4 Å². The first kappa shape index (κ1) is 18.5. The van der Waals surface area contributed by atoms with Crippen LogP contribution in [-0.2, 0) is 16.1 Å². The Labute approximate surface area is 158 Å². The number of fused-ring (bicyclic) bond motifs is 1. The first-order valence-corrected chi connectivity index (χ1v) is 8.83. The van der Waals surface area contributed by atoms with Gasteiger partial charge in [-0.3, -0.25) is 9.59 Å². The number of hydrogen-bond donors (Lipinski definition) is 2. The minimum Gasteiger partial charge on any atom is -0.459 e. The second-order valence-electron chi connectivity index (χ2n) is 6.34. The summed E-state index contributed by atoms with van der Waals surface area (Å²) in [6, 6.07) is 16.6. The topological polar surface area (TPSA) is 71.3 Å². The highest BCUT2D eigenvalue weighted by molar-refractivity contribution is 5.95. The van der Waals surface area contributed by atoms with Crippen LogP contribution in [0.15, 0.2) is 65.1 Å². The fourth-order valence-corrected chi connectivity index (χ4v) is 2.78. The second kappa shape index (κ2) is 8.36. The Bertz CT molecular complexity index is 974. The van der Waals surface area contributed by atoms with E-state index in [0.717, 1.165) is 22.1 Å². The van der Waals surface area contributed by atoms with E-state index in [1.165, 1.54) is 6.08 Å². The molecule has 0 aliphatic rings. The summed E-state index contributed by atoms with van der Waals surface area (Å²) < 4.78 is 5.78. The van der Waals surface area contributed by atoms with Crippen molar-refractivity contribution in [3.63, 3.8) is 0 Å². The average Bonchev–Trinajstić information content (AvgIpc) is 3.01. The van der Waals surface area contributed by atoms with Crippen LogP contribution in [-0.4, -0.2) is 17.9 Å². The van der Waals surface area contributed by atoms with Crippen molar-refractivity contribution in [3.8, 4) is 0 Å². The lowest BCUT2D eigenvalue weighted by molar-refractivity contribution is -0.126. The summed E-state index contributed by atoms with van der Waals surface area (Å²) in [4.78, 5) is 24.2. The smallest absolute Gasteiger partial charge is 0.244 e. The van der Waals surface area contributed by atoms with Crippen LogP contribution in [0.3, 0.4) is 0 Å². The van der Waals surface area contributed by atoms with Crippen molar-refractivity contribution in [1.82, 2.24) is 10.6 Å². The van der Waals surface area contributed by atoms with E-state index in [0.29, 0.717) is 5.76 Å². The van der Waals surface area contributed by atoms with Crippen LogP contribution in [0.5, 0.6) is 0 Å². The van der Waals surface area contributed by atoms with Gasteiger partial charge in [0.05, 0.1) is 6.54 Å².